The van der Waals surface area contributed by atoms with Crippen molar-refractivity contribution >= 4 is 17.3 Å². The lowest BCUT2D eigenvalue weighted by Crippen LogP contribution is -2.24. The molecule has 2 heterocycles. The maximum Gasteiger partial charge on any atom is 0.232 e. The third-order valence-electron chi connectivity index (χ3n) is 4.79. The molecular weight excluding hydrogens is 360 g/mol. The van der Waals surface area contributed by atoms with Crippen molar-refractivity contribution in [3.63, 3.8) is 0 Å². The molecule has 1 aliphatic rings. The molecule has 0 unspecified atom stereocenters. The van der Waals surface area contributed by atoms with E-state index < -0.39 is 0 Å². The van der Waals surface area contributed by atoms with E-state index in [9.17, 15) is 5.11 Å². The number of rotatable bonds is 4. The SMILES string of the molecule is Cc1cnc(O[C@@H]2CCN(c3ccc(-c4ccccc4)cc3O)C2)c(Cl)c1. The van der Waals surface area contributed by atoms with Gasteiger partial charge in [-0.1, -0.05) is 48.0 Å². The Morgan fingerprint density at radius 2 is 1.93 bits per heavy atom. The molecule has 0 spiro atoms. The summed E-state index contributed by atoms with van der Waals surface area (Å²) in [4.78, 5) is 6.42. The summed E-state index contributed by atoms with van der Waals surface area (Å²) in [7, 11) is 0. The Bertz CT molecular complexity index is 946. The second-order valence-corrected chi connectivity index (χ2v) is 7.25. The monoisotopic (exact) mass is 380 g/mol. The Balaban J connectivity index is 1.47. The first-order valence-corrected chi connectivity index (χ1v) is 9.40. The van der Waals surface area contributed by atoms with Gasteiger partial charge < -0.3 is 14.7 Å². The van der Waals surface area contributed by atoms with Gasteiger partial charge in [-0.05, 0) is 41.8 Å². The van der Waals surface area contributed by atoms with E-state index in [4.69, 9.17) is 16.3 Å². The number of anilines is 1. The fourth-order valence-electron chi connectivity index (χ4n) is 3.41. The van der Waals surface area contributed by atoms with Gasteiger partial charge in [0, 0.05) is 19.2 Å². The number of phenolic OH excluding ortho intramolecular Hbond substituents is 1. The number of hydrogen-bond acceptors (Lipinski definition) is 4. The number of phenols is 1. The predicted molar refractivity (Wildman–Crippen MR) is 109 cm³/mol. The molecular formula is C22H21ClN2O2. The fraction of sp³-hybridized carbons (Fsp3) is 0.227. The van der Waals surface area contributed by atoms with Crippen LogP contribution in [0, 0.1) is 6.92 Å². The second-order valence-electron chi connectivity index (χ2n) is 6.84. The van der Waals surface area contributed by atoms with Gasteiger partial charge in [-0.25, -0.2) is 4.98 Å². The number of hydrogen-bond donors (Lipinski definition) is 1. The van der Waals surface area contributed by atoms with Gasteiger partial charge in [-0.2, -0.15) is 0 Å². The summed E-state index contributed by atoms with van der Waals surface area (Å²) < 4.78 is 5.98. The Hall–Kier alpha value is -2.72. The number of pyridine rings is 1. The van der Waals surface area contributed by atoms with Crippen molar-refractivity contribution in [3.8, 4) is 22.8 Å². The summed E-state index contributed by atoms with van der Waals surface area (Å²) in [5, 5.41) is 11.1. The standard InChI is InChI=1S/C22H21ClN2O2/c1-15-11-19(23)22(24-13-15)27-18-9-10-25(14-18)20-8-7-17(12-21(20)26)16-5-3-2-4-6-16/h2-8,11-13,18,26H,9-10,14H2,1H3/t18-/m1/s1. The van der Waals surface area contributed by atoms with E-state index in [1.165, 1.54) is 0 Å². The van der Waals surface area contributed by atoms with Crippen molar-refractivity contribution in [1.29, 1.82) is 0 Å². The molecule has 27 heavy (non-hydrogen) atoms. The number of ether oxygens (including phenoxy) is 1. The van der Waals surface area contributed by atoms with Crippen LogP contribution in [0.4, 0.5) is 5.69 Å². The third-order valence-corrected chi connectivity index (χ3v) is 5.06. The summed E-state index contributed by atoms with van der Waals surface area (Å²) >= 11 is 6.22. The van der Waals surface area contributed by atoms with Crippen molar-refractivity contribution in [1.82, 2.24) is 4.98 Å². The number of aromatic hydroxyl groups is 1. The molecule has 4 rings (SSSR count). The smallest absolute Gasteiger partial charge is 0.232 e. The van der Waals surface area contributed by atoms with Crippen molar-refractivity contribution in [3.05, 3.63) is 71.4 Å². The van der Waals surface area contributed by atoms with Gasteiger partial charge in [0.25, 0.3) is 0 Å². The van der Waals surface area contributed by atoms with Crippen LogP contribution in [0.15, 0.2) is 60.8 Å². The minimum atomic E-state index is -0.00842. The van der Waals surface area contributed by atoms with E-state index in [1.807, 2.05) is 61.5 Å². The number of halogens is 1. The van der Waals surface area contributed by atoms with Crippen LogP contribution in [-0.2, 0) is 0 Å². The molecule has 1 N–H and O–H groups in total. The second kappa shape index (κ2) is 7.49. The lowest BCUT2D eigenvalue weighted by molar-refractivity contribution is 0.216. The molecule has 138 valence electrons. The molecule has 0 bridgehead atoms. The number of aryl methyl sites for hydroxylation is 1. The maximum absolute atomic E-state index is 10.5. The van der Waals surface area contributed by atoms with Gasteiger partial charge in [-0.3, -0.25) is 0 Å². The zero-order chi connectivity index (χ0) is 18.8. The molecule has 1 fully saturated rings. The van der Waals surface area contributed by atoms with Crippen LogP contribution >= 0.6 is 11.6 Å². The molecule has 4 nitrogen and oxygen atoms in total. The highest BCUT2D eigenvalue weighted by Gasteiger charge is 2.27. The average Bonchev–Trinajstić information content (AvgIpc) is 3.13. The molecule has 1 aliphatic heterocycles. The molecule has 0 amide bonds. The number of aromatic nitrogens is 1. The summed E-state index contributed by atoms with van der Waals surface area (Å²) in [6.07, 6.45) is 2.60. The van der Waals surface area contributed by atoms with Crippen LogP contribution in [0.25, 0.3) is 11.1 Å². The lowest BCUT2D eigenvalue weighted by atomic mass is 10.0. The number of benzene rings is 2. The Morgan fingerprint density at radius 1 is 1.11 bits per heavy atom. The normalized spacial score (nSPS) is 16.5. The molecule has 1 aromatic heterocycles. The van der Waals surface area contributed by atoms with Crippen molar-refractivity contribution in [2.45, 2.75) is 19.4 Å². The summed E-state index contributed by atoms with van der Waals surface area (Å²) in [5.41, 5.74) is 3.91. The van der Waals surface area contributed by atoms with E-state index in [1.54, 1.807) is 6.20 Å². The van der Waals surface area contributed by atoms with Gasteiger partial charge in [0.15, 0.2) is 0 Å². The van der Waals surface area contributed by atoms with Gasteiger partial charge >= 0.3 is 0 Å². The lowest BCUT2D eigenvalue weighted by Gasteiger charge is -2.20. The minimum absolute atomic E-state index is 0.00842. The molecule has 0 radical (unpaired) electrons. The molecule has 3 aromatic rings. The van der Waals surface area contributed by atoms with E-state index in [-0.39, 0.29) is 11.9 Å². The molecule has 0 aliphatic carbocycles. The van der Waals surface area contributed by atoms with E-state index in [0.29, 0.717) is 17.4 Å². The molecule has 1 saturated heterocycles. The Kier molecular flexibility index (Phi) is 4.90. The van der Waals surface area contributed by atoms with Crippen molar-refractivity contribution in [2.24, 2.45) is 0 Å². The van der Waals surface area contributed by atoms with Crippen LogP contribution < -0.4 is 9.64 Å². The zero-order valence-corrected chi connectivity index (χ0v) is 15.9. The van der Waals surface area contributed by atoms with Crippen LogP contribution in [0.2, 0.25) is 5.02 Å². The van der Waals surface area contributed by atoms with E-state index in [2.05, 4.69) is 9.88 Å². The highest BCUT2D eigenvalue weighted by atomic mass is 35.5. The first-order chi connectivity index (χ1) is 13.1. The van der Waals surface area contributed by atoms with Crippen molar-refractivity contribution in [2.75, 3.05) is 18.0 Å². The van der Waals surface area contributed by atoms with Crippen LogP contribution in [0.1, 0.15) is 12.0 Å². The van der Waals surface area contributed by atoms with E-state index >= 15 is 0 Å². The summed E-state index contributed by atoms with van der Waals surface area (Å²) in [6.45, 7) is 3.44. The van der Waals surface area contributed by atoms with Crippen LogP contribution in [-0.4, -0.2) is 29.3 Å². The average molecular weight is 381 g/mol. The molecule has 0 saturated carbocycles. The van der Waals surface area contributed by atoms with Crippen LogP contribution in [0.3, 0.4) is 0 Å². The fourth-order valence-corrected chi connectivity index (χ4v) is 3.68. The topological polar surface area (TPSA) is 45.6 Å². The van der Waals surface area contributed by atoms with Crippen molar-refractivity contribution < 1.29 is 9.84 Å². The first kappa shape index (κ1) is 17.7. The Labute approximate surface area is 164 Å². The largest absolute Gasteiger partial charge is 0.506 e. The molecule has 5 heteroatoms. The molecule has 1 atom stereocenters. The zero-order valence-electron chi connectivity index (χ0n) is 15.1. The van der Waals surface area contributed by atoms with Crippen LogP contribution in [0.5, 0.6) is 11.6 Å². The molecule has 2 aromatic carbocycles. The van der Waals surface area contributed by atoms with Gasteiger partial charge in [0.05, 0.1) is 12.2 Å². The predicted octanol–water partition coefficient (Wildman–Crippen LogP) is 5.07. The third kappa shape index (κ3) is 3.86. The Morgan fingerprint density at radius 3 is 2.67 bits per heavy atom. The minimum Gasteiger partial charge on any atom is -0.506 e. The maximum atomic E-state index is 10.5. The highest BCUT2D eigenvalue weighted by molar-refractivity contribution is 6.31. The summed E-state index contributed by atoms with van der Waals surface area (Å²) in [6, 6.07) is 17.7. The quantitative estimate of drug-likeness (QED) is 0.686. The van der Waals surface area contributed by atoms with Gasteiger partial charge in [0.1, 0.15) is 16.9 Å². The van der Waals surface area contributed by atoms with Gasteiger partial charge in [-0.15, -0.1) is 0 Å². The highest BCUT2D eigenvalue weighted by Crippen LogP contribution is 2.35. The van der Waals surface area contributed by atoms with E-state index in [0.717, 1.165) is 35.3 Å². The number of nitrogens with zero attached hydrogens (tertiary/aromatic N) is 2. The van der Waals surface area contributed by atoms with Gasteiger partial charge in [0.2, 0.25) is 5.88 Å². The summed E-state index contributed by atoms with van der Waals surface area (Å²) in [5.74, 6) is 0.751. The first-order valence-electron chi connectivity index (χ1n) is 9.02.